The van der Waals surface area contributed by atoms with Gasteiger partial charge in [-0.2, -0.15) is 0 Å². The molecule has 1 atom stereocenters. The number of imidazole rings is 1. The summed E-state index contributed by atoms with van der Waals surface area (Å²) >= 11 is 0. The van der Waals surface area contributed by atoms with Gasteiger partial charge in [0.2, 0.25) is 12.4 Å². The Morgan fingerprint density at radius 1 is 1.06 bits per heavy atom. The molecule has 9 heteroatoms. The first-order valence-corrected chi connectivity index (χ1v) is 10.6. The maximum atomic E-state index is 11.0. The Labute approximate surface area is 185 Å². The van der Waals surface area contributed by atoms with Crippen molar-refractivity contribution in [1.82, 2.24) is 34.7 Å². The SMILES string of the molecule is CC(c1ccnc(Nc2nc3ccc(-c4ccncn4)cc3[nH]2)c1)N1CCN(C=O)CC1. The molecule has 0 spiro atoms. The van der Waals surface area contributed by atoms with E-state index in [1.54, 1.807) is 12.5 Å². The van der Waals surface area contributed by atoms with Crippen LogP contribution in [0.1, 0.15) is 18.5 Å². The van der Waals surface area contributed by atoms with Crippen molar-refractivity contribution in [2.24, 2.45) is 0 Å². The average Bonchev–Trinajstić information content (AvgIpc) is 3.26. The van der Waals surface area contributed by atoms with Gasteiger partial charge in [0.05, 0.1) is 16.7 Å². The summed E-state index contributed by atoms with van der Waals surface area (Å²) < 4.78 is 0. The van der Waals surface area contributed by atoms with Crippen molar-refractivity contribution in [2.75, 3.05) is 31.5 Å². The van der Waals surface area contributed by atoms with Gasteiger partial charge in [0, 0.05) is 50.2 Å². The normalized spacial score (nSPS) is 15.6. The Morgan fingerprint density at radius 2 is 1.94 bits per heavy atom. The number of benzene rings is 1. The van der Waals surface area contributed by atoms with Crippen molar-refractivity contribution in [3.05, 3.63) is 60.7 Å². The maximum Gasteiger partial charge on any atom is 0.209 e. The number of aromatic amines is 1. The van der Waals surface area contributed by atoms with Crippen LogP contribution >= 0.6 is 0 Å². The number of piperazine rings is 1. The fourth-order valence-electron chi connectivity index (χ4n) is 4.03. The molecule has 5 rings (SSSR count). The highest BCUT2D eigenvalue weighted by Crippen LogP contribution is 2.26. The number of amides is 1. The van der Waals surface area contributed by atoms with Crippen LogP contribution in [0.25, 0.3) is 22.3 Å². The van der Waals surface area contributed by atoms with Gasteiger partial charge in [-0.15, -0.1) is 0 Å². The number of nitrogens with one attached hydrogen (secondary N) is 2. The van der Waals surface area contributed by atoms with Gasteiger partial charge in [-0.1, -0.05) is 6.07 Å². The minimum Gasteiger partial charge on any atom is -0.343 e. The Hall–Kier alpha value is -3.85. The van der Waals surface area contributed by atoms with Crippen molar-refractivity contribution in [1.29, 1.82) is 0 Å². The van der Waals surface area contributed by atoms with Gasteiger partial charge in [-0.25, -0.2) is 19.9 Å². The van der Waals surface area contributed by atoms with Crippen molar-refractivity contribution >= 4 is 29.2 Å². The molecule has 3 aromatic heterocycles. The Kier molecular flexibility index (Phi) is 5.47. The summed E-state index contributed by atoms with van der Waals surface area (Å²) in [6, 6.07) is 12.2. The van der Waals surface area contributed by atoms with E-state index in [4.69, 9.17) is 0 Å². The van der Waals surface area contributed by atoms with Crippen LogP contribution in [0.15, 0.2) is 55.1 Å². The number of hydrogen-bond donors (Lipinski definition) is 2. The first-order chi connectivity index (χ1) is 15.7. The molecule has 1 fully saturated rings. The summed E-state index contributed by atoms with van der Waals surface area (Å²) in [7, 11) is 0. The molecule has 1 unspecified atom stereocenters. The molecule has 0 saturated carbocycles. The van der Waals surface area contributed by atoms with Crippen LogP contribution in [-0.4, -0.2) is 67.3 Å². The fraction of sp³-hybridized carbons (Fsp3) is 0.261. The molecule has 1 aliphatic heterocycles. The van der Waals surface area contributed by atoms with E-state index < -0.39 is 0 Å². The topological polar surface area (TPSA) is 103 Å². The molecule has 0 bridgehead atoms. The summed E-state index contributed by atoms with van der Waals surface area (Å²) in [4.78, 5) is 35.9. The summed E-state index contributed by atoms with van der Waals surface area (Å²) in [6.45, 7) is 5.44. The minimum absolute atomic E-state index is 0.235. The molecular formula is C23H24N8O. The number of carbonyl (C=O) groups excluding carboxylic acids is 1. The second-order valence-corrected chi connectivity index (χ2v) is 7.86. The van der Waals surface area contributed by atoms with E-state index in [9.17, 15) is 4.79 Å². The summed E-state index contributed by atoms with van der Waals surface area (Å²) in [6.07, 6.45) is 6.02. The van der Waals surface area contributed by atoms with Gasteiger partial charge < -0.3 is 15.2 Å². The Bertz CT molecular complexity index is 1220. The predicted octanol–water partition coefficient (Wildman–Crippen LogP) is 2.99. The molecule has 32 heavy (non-hydrogen) atoms. The summed E-state index contributed by atoms with van der Waals surface area (Å²) in [5.41, 5.74) is 4.82. The van der Waals surface area contributed by atoms with Crippen molar-refractivity contribution in [3.63, 3.8) is 0 Å². The number of rotatable bonds is 6. The standard InChI is InChI=1S/C23H24N8O/c1-16(31-10-8-30(15-32)9-11-31)17-4-7-25-22(13-17)29-23-27-20-3-2-18(12-21(20)28-23)19-5-6-24-14-26-19/h2-7,12-16H,8-11H2,1H3,(H2,25,27,28,29). The van der Waals surface area contributed by atoms with Crippen molar-refractivity contribution in [3.8, 4) is 11.3 Å². The third-order valence-corrected chi connectivity index (χ3v) is 5.92. The van der Waals surface area contributed by atoms with E-state index in [1.165, 1.54) is 5.56 Å². The maximum absolute atomic E-state index is 11.0. The van der Waals surface area contributed by atoms with E-state index in [2.05, 4.69) is 48.1 Å². The van der Waals surface area contributed by atoms with E-state index in [1.807, 2.05) is 41.4 Å². The monoisotopic (exact) mass is 428 g/mol. The molecule has 0 radical (unpaired) electrons. The molecule has 1 aliphatic rings. The van der Waals surface area contributed by atoms with E-state index in [0.29, 0.717) is 5.95 Å². The molecule has 1 aromatic carbocycles. The van der Waals surface area contributed by atoms with E-state index in [0.717, 1.165) is 60.7 Å². The number of carbonyl (C=O) groups is 1. The molecule has 1 saturated heterocycles. The molecule has 1 amide bonds. The van der Waals surface area contributed by atoms with E-state index >= 15 is 0 Å². The molecule has 0 aliphatic carbocycles. The molecule has 2 N–H and O–H groups in total. The lowest BCUT2D eigenvalue weighted by Gasteiger charge is -2.36. The smallest absolute Gasteiger partial charge is 0.209 e. The van der Waals surface area contributed by atoms with E-state index in [-0.39, 0.29) is 6.04 Å². The number of H-pyrrole nitrogens is 1. The first-order valence-electron chi connectivity index (χ1n) is 10.6. The quantitative estimate of drug-likeness (QED) is 0.455. The van der Waals surface area contributed by atoms with Crippen LogP contribution in [0, 0.1) is 0 Å². The van der Waals surface area contributed by atoms with Crippen LogP contribution in [0.5, 0.6) is 0 Å². The second kappa shape index (κ2) is 8.72. The highest BCUT2D eigenvalue weighted by molar-refractivity contribution is 5.83. The van der Waals surface area contributed by atoms with Gasteiger partial charge in [0.25, 0.3) is 0 Å². The summed E-state index contributed by atoms with van der Waals surface area (Å²) in [5, 5.41) is 3.29. The average molecular weight is 429 g/mol. The molecule has 162 valence electrons. The molecule has 9 nitrogen and oxygen atoms in total. The lowest BCUT2D eigenvalue weighted by Crippen LogP contribution is -2.46. The first kappa shape index (κ1) is 20.1. The van der Waals surface area contributed by atoms with Gasteiger partial charge in [-0.05, 0) is 42.8 Å². The minimum atomic E-state index is 0.235. The zero-order valence-electron chi connectivity index (χ0n) is 17.8. The number of nitrogens with zero attached hydrogens (tertiary/aromatic N) is 6. The van der Waals surface area contributed by atoms with Crippen LogP contribution in [0.2, 0.25) is 0 Å². The molecule has 4 aromatic rings. The Morgan fingerprint density at radius 3 is 2.72 bits per heavy atom. The zero-order chi connectivity index (χ0) is 21.9. The van der Waals surface area contributed by atoms with Crippen LogP contribution in [0.3, 0.4) is 0 Å². The van der Waals surface area contributed by atoms with Gasteiger partial charge in [-0.3, -0.25) is 9.69 Å². The number of anilines is 2. The zero-order valence-corrected chi connectivity index (χ0v) is 17.8. The van der Waals surface area contributed by atoms with Crippen molar-refractivity contribution in [2.45, 2.75) is 13.0 Å². The lowest BCUT2D eigenvalue weighted by atomic mass is 10.1. The van der Waals surface area contributed by atoms with Crippen LogP contribution in [-0.2, 0) is 4.79 Å². The molecular weight excluding hydrogens is 404 g/mol. The van der Waals surface area contributed by atoms with Crippen LogP contribution < -0.4 is 5.32 Å². The molecule has 4 heterocycles. The third-order valence-electron chi connectivity index (χ3n) is 5.92. The fourth-order valence-corrected chi connectivity index (χ4v) is 4.03. The summed E-state index contributed by atoms with van der Waals surface area (Å²) in [5.74, 6) is 1.37. The third kappa shape index (κ3) is 4.15. The Balaban J connectivity index is 1.32. The highest BCUT2D eigenvalue weighted by atomic mass is 16.1. The number of aromatic nitrogens is 5. The van der Waals surface area contributed by atoms with Crippen LogP contribution in [0.4, 0.5) is 11.8 Å². The second-order valence-electron chi connectivity index (χ2n) is 7.86. The lowest BCUT2D eigenvalue weighted by molar-refractivity contribution is -0.120. The van der Waals surface area contributed by atoms with Crippen molar-refractivity contribution < 1.29 is 4.79 Å². The van der Waals surface area contributed by atoms with Gasteiger partial charge in [0.15, 0.2) is 0 Å². The predicted molar refractivity (Wildman–Crippen MR) is 122 cm³/mol. The van der Waals surface area contributed by atoms with Gasteiger partial charge >= 0.3 is 0 Å². The number of hydrogen-bond acceptors (Lipinski definition) is 7. The number of pyridine rings is 1. The van der Waals surface area contributed by atoms with Gasteiger partial charge in [0.1, 0.15) is 12.1 Å². The highest BCUT2D eigenvalue weighted by Gasteiger charge is 2.21. The number of fused-ring (bicyclic) bond motifs is 1. The largest absolute Gasteiger partial charge is 0.343 e.